The summed E-state index contributed by atoms with van der Waals surface area (Å²) in [5.74, 6) is 1.36. The number of piperidine rings is 1. The Morgan fingerprint density at radius 3 is 2.97 bits per heavy atom. The Hall–Kier alpha value is -1.63. The number of likely N-dealkylation sites (tertiary alicyclic amines) is 1. The first-order valence-corrected chi connectivity index (χ1v) is 11.7. The third-order valence-electron chi connectivity index (χ3n) is 5.37. The highest BCUT2D eigenvalue weighted by Crippen LogP contribution is 2.36. The van der Waals surface area contributed by atoms with E-state index in [1.807, 2.05) is 19.1 Å². The first kappa shape index (κ1) is 22.1. The number of hydrogen-bond acceptors (Lipinski definition) is 4. The predicted molar refractivity (Wildman–Crippen MR) is 124 cm³/mol. The van der Waals surface area contributed by atoms with Gasteiger partial charge in [-0.15, -0.1) is 11.3 Å². The molecule has 29 heavy (non-hydrogen) atoms. The van der Waals surface area contributed by atoms with Gasteiger partial charge in [-0.25, -0.2) is 4.98 Å². The van der Waals surface area contributed by atoms with E-state index in [0.717, 1.165) is 54.3 Å². The lowest BCUT2D eigenvalue weighted by Gasteiger charge is -2.39. The van der Waals surface area contributed by atoms with Crippen LogP contribution in [-0.4, -0.2) is 49.1 Å². The van der Waals surface area contributed by atoms with Crippen LogP contribution in [0.1, 0.15) is 42.1 Å². The number of aromatic nitrogens is 1. The highest BCUT2D eigenvalue weighted by Gasteiger charge is 2.30. The molecule has 2 N–H and O–H groups in total. The molecule has 2 aromatic rings. The number of guanidine groups is 1. The Bertz CT molecular complexity index is 806. The Kier molecular flexibility index (Phi) is 8.33. The normalized spacial score (nSPS) is 20.6. The van der Waals surface area contributed by atoms with E-state index in [-0.39, 0.29) is 0 Å². The first-order chi connectivity index (χ1) is 14.1. The maximum Gasteiger partial charge on any atom is 0.191 e. The second kappa shape index (κ2) is 11.0. The molecule has 1 aromatic carbocycles. The molecule has 1 saturated heterocycles. The van der Waals surface area contributed by atoms with Gasteiger partial charge in [0.25, 0.3) is 0 Å². The number of nitrogens with one attached hydrogen (secondary N) is 2. The number of rotatable bonds is 7. The summed E-state index contributed by atoms with van der Waals surface area (Å²) in [5.41, 5.74) is 2.43. The molecule has 3 rings (SSSR count). The monoisotopic (exact) mass is 433 g/mol. The number of benzene rings is 1. The molecule has 0 aliphatic carbocycles. The Morgan fingerprint density at radius 1 is 1.38 bits per heavy atom. The molecule has 0 amide bonds. The summed E-state index contributed by atoms with van der Waals surface area (Å²) in [6.07, 6.45) is 3.30. The van der Waals surface area contributed by atoms with Gasteiger partial charge in [-0.3, -0.25) is 9.89 Å². The highest BCUT2D eigenvalue weighted by atomic mass is 35.5. The van der Waals surface area contributed by atoms with Gasteiger partial charge in [0.05, 0.1) is 10.7 Å². The van der Waals surface area contributed by atoms with E-state index < -0.39 is 0 Å². The van der Waals surface area contributed by atoms with E-state index in [2.05, 4.69) is 52.0 Å². The zero-order valence-electron chi connectivity index (χ0n) is 17.6. The fourth-order valence-corrected chi connectivity index (χ4v) is 4.90. The molecular weight excluding hydrogens is 402 g/mol. The lowest BCUT2D eigenvalue weighted by Crippen LogP contribution is -2.40. The number of hydrogen-bond donors (Lipinski definition) is 2. The van der Waals surface area contributed by atoms with Crippen molar-refractivity contribution in [2.75, 3.05) is 33.2 Å². The van der Waals surface area contributed by atoms with Crippen LogP contribution in [0.5, 0.6) is 0 Å². The largest absolute Gasteiger partial charge is 0.357 e. The minimum atomic E-state index is 0.354. The van der Waals surface area contributed by atoms with Crippen LogP contribution in [0.4, 0.5) is 0 Å². The van der Waals surface area contributed by atoms with Gasteiger partial charge < -0.3 is 10.6 Å². The van der Waals surface area contributed by atoms with Gasteiger partial charge in [0.1, 0.15) is 0 Å². The molecule has 1 aliphatic rings. The number of aryl methyl sites for hydroxylation is 1. The molecule has 1 aliphatic heterocycles. The first-order valence-electron chi connectivity index (χ1n) is 10.5. The van der Waals surface area contributed by atoms with E-state index in [0.29, 0.717) is 12.0 Å². The average molecular weight is 434 g/mol. The van der Waals surface area contributed by atoms with Crippen LogP contribution in [0, 0.1) is 12.8 Å². The quantitative estimate of drug-likeness (QED) is 0.505. The Labute approximate surface area is 183 Å². The molecule has 0 spiro atoms. The molecule has 5 nitrogen and oxygen atoms in total. The van der Waals surface area contributed by atoms with E-state index in [1.54, 1.807) is 11.3 Å². The van der Waals surface area contributed by atoms with Crippen molar-refractivity contribution in [2.45, 2.75) is 39.2 Å². The molecule has 2 atom stereocenters. The molecule has 1 fully saturated rings. The number of aliphatic imine (C=N–C) groups is 1. The third kappa shape index (κ3) is 6.43. The summed E-state index contributed by atoms with van der Waals surface area (Å²) in [6.45, 7) is 7.74. The standard InChI is InChI=1S/C22H32ClN5S/c1-4-24-22(25-11-10-20-15-29-16(2)27-20)26-14-18-8-6-12-28(3)21(18)17-7-5-9-19(23)13-17/h5,7,9,13,15,18,21H,4,6,8,10-12,14H2,1-3H3,(H2,24,25,26). The molecule has 0 radical (unpaired) electrons. The maximum atomic E-state index is 6.27. The molecule has 0 bridgehead atoms. The summed E-state index contributed by atoms with van der Waals surface area (Å²) in [5, 5.41) is 10.9. The van der Waals surface area contributed by atoms with Crippen LogP contribution >= 0.6 is 22.9 Å². The minimum Gasteiger partial charge on any atom is -0.357 e. The van der Waals surface area contributed by atoms with Crippen LogP contribution in [0.2, 0.25) is 5.02 Å². The molecule has 0 saturated carbocycles. The van der Waals surface area contributed by atoms with Gasteiger partial charge in [0.2, 0.25) is 0 Å². The smallest absolute Gasteiger partial charge is 0.191 e. The number of halogens is 1. The zero-order valence-corrected chi connectivity index (χ0v) is 19.2. The van der Waals surface area contributed by atoms with Crippen molar-refractivity contribution < 1.29 is 0 Å². The summed E-state index contributed by atoms with van der Waals surface area (Å²) >= 11 is 7.97. The summed E-state index contributed by atoms with van der Waals surface area (Å²) in [6, 6.07) is 8.63. The Balaban J connectivity index is 1.64. The molecule has 1 aromatic heterocycles. The van der Waals surface area contributed by atoms with Gasteiger partial charge in [0, 0.05) is 42.5 Å². The van der Waals surface area contributed by atoms with Gasteiger partial charge in [-0.1, -0.05) is 23.7 Å². The van der Waals surface area contributed by atoms with E-state index >= 15 is 0 Å². The summed E-state index contributed by atoms with van der Waals surface area (Å²) < 4.78 is 0. The van der Waals surface area contributed by atoms with E-state index in [9.17, 15) is 0 Å². The third-order valence-corrected chi connectivity index (χ3v) is 6.42. The number of nitrogens with zero attached hydrogens (tertiary/aromatic N) is 3. The van der Waals surface area contributed by atoms with Crippen molar-refractivity contribution in [1.82, 2.24) is 20.5 Å². The van der Waals surface area contributed by atoms with E-state index in [4.69, 9.17) is 16.6 Å². The van der Waals surface area contributed by atoms with Crippen molar-refractivity contribution in [2.24, 2.45) is 10.9 Å². The van der Waals surface area contributed by atoms with Crippen LogP contribution in [0.25, 0.3) is 0 Å². The lowest BCUT2D eigenvalue weighted by molar-refractivity contribution is 0.125. The summed E-state index contributed by atoms with van der Waals surface area (Å²) in [7, 11) is 2.21. The average Bonchev–Trinajstić information content (AvgIpc) is 3.11. The maximum absolute atomic E-state index is 6.27. The Morgan fingerprint density at radius 2 is 2.24 bits per heavy atom. The SMILES string of the molecule is CCNC(=NCC1CCCN(C)C1c1cccc(Cl)c1)NCCc1csc(C)n1. The van der Waals surface area contributed by atoms with Crippen molar-refractivity contribution in [3.8, 4) is 0 Å². The summed E-state index contributed by atoms with van der Waals surface area (Å²) in [4.78, 5) is 11.9. The highest BCUT2D eigenvalue weighted by molar-refractivity contribution is 7.09. The van der Waals surface area contributed by atoms with Gasteiger partial charge in [0.15, 0.2) is 5.96 Å². The minimum absolute atomic E-state index is 0.354. The van der Waals surface area contributed by atoms with Gasteiger partial charge in [-0.05, 0) is 63.9 Å². The van der Waals surface area contributed by atoms with Crippen LogP contribution in [-0.2, 0) is 6.42 Å². The fraction of sp³-hybridized carbons (Fsp3) is 0.545. The van der Waals surface area contributed by atoms with Crippen molar-refractivity contribution in [1.29, 1.82) is 0 Å². The predicted octanol–water partition coefficient (Wildman–Crippen LogP) is 4.29. The number of thiazole rings is 1. The van der Waals surface area contributed by atoms with E-state index in [1.165, 1.54) is 18.4 Å². The topological polar surface area (TPSA) is 52.6 Å². The second-order valence-corrected chi connectivity index (χ2v) is 9.14. The second-order valence-electron chi connectivity index (χ2n) is 7.64. The molecular formula is C22H32ClN5S. The van der Waals surface area contributed by atoms with Crippen LogP contribution in [0.3, 0.4) is 0 Å². The molecule has 2 unspecified atom stereocenters. The van der Waals surface area contributed by atoms with Crippen molar-refractivity contribution in [3.05, 3.63) is 50.9 Å². The zero-order chi connectivity index (χ0) is 20.6. The van der Waals surface area contributed by atoms with Gasteiger partial charge in [-0.2, -0.15) is 0 Å². The fourth-order valence-electron chi connectivity index (χ4n) is 4.05. The molecule has 158 valence electrons. The van der Waals surface area contributed by atoms with Crippen LogP contribution in [0.15, 0.2) is 34.6 Å². The van der Waals surface area contributed by atoms with Gasteiger partial charge >= 0.3 is 0 Å². The molecule has 2 heterocycles. The van der Waals surface area contributed by atoms with Crippen molar-refractivity contribution in [3.63, 3.8) is 0 Å². The van der Waals surface area contributed by atoms with Crippen LogP contribution < -0.4 is 10.6 Å². The van der Waals surface area contributed by atoms with Crippen molar-refractivity contribution >= 4 is 28.9 Å². The lowest BCUT2D eigenvalue weighted by atomic mass is 9.85. The molecule has 7 heteroatoms.